The van der Waals surface area contributed by atoms with E-state index in [0.717, 1.165) is 30.2 Å². The van der Waals surface area contributed by atoms with Crippen LogP contribution < -0.4 is 5.32 Å². The van der Waals surface area contributed by atoms with Crippen LogP contribution in [0.15, 0.2) is 0 Å². The van der Waals surface area contributed by atoms with Gasteiger partial charge in [-0.15, -0.1) is 0 Å². The fourth-order valence-corrected chi connectivity index (χ4v) is 3.80. The van der Waals surface area contributed by atoms with E-state index in [4.69, 9.17) is 0 Å². The van der Waals surface area contributed by atoms with E-state index in [2.05, 4.69) is 17.9 Å². The van der Waals surface area contributed by atoms with Crippen molar-refractivity contribution in [3.8, 4) is 0 Å². The smallest absolute Gasteiger partial charge is 0.00676 e. The number of rotatable bonds is 4. The first-order valence-electron chi connectivity index (χ1n) is 7.24. The minimum Gasteiger partial charge on any atom is -0.313 e. The van der Waals surface area contributed by atoms with Crippen molar-refractivity contribution in [2.45, 2.75) is 63.8 Å². The molecule has 2 aliphatic rings. The van der Waals surface area contributed by atoms with Gasteiger partial charge in [0.25, 0.3) is 0 Å². The largest absolute Gasteiger partial charge is 0.313 e. The lowest BCUT2D eigenvalue weighted by molar-refractivity contribution is 0.178. The lowest BCUT2D eigenvalue weighted by Crippen LogP contribution is -2.36. The van der Waals surface area contributed by atoms with Gasteiger partial charge in [-0.3, -0.25) is 0 Å². The van der Waals surface area contributed by atoms with E-state index < -0.39 is 0 Å². The van der Waals surface area contributed by atoms with Crippen molar-refractivity contribution in [3.05, 3.63) is 0 Å². The van der Waals surface area contributed by atoms with Crippen LogP contribution in [0.1, 0.15) is 57.8 Å². The third kappa shape index (κ3) is 3.66. The Hall–Kier alpha value is 0.310. The summed E-state index contributed by atoms with van der Waals surface area (Å²) in [5.74, 6) is 3.12. The van der Waals surface area contributed by atoms with E-state index in [1.807, 2.05) is 0 Å². The molecule has 0 saturated heterocycles. The average molecular weight is 241 g/mol. The van der Waals surface area contributed by atoms with Gasteiger partial charge in [0.2, 0.25) is 0 Å². The van der Waals surface area contributed by atoms with Crippen molar-refractivity contribution in [3.63, 3.8) is 0 Å². The Morgan fingerprint density at radius 1 is 0.812 bits per heavy atom. The van der Waals surface area contributed by atoms with Crippen LogP contribution >= 0.6 is 12.6 Å². The summed E-state index contributed by atoms with van der Waals surface area (Å²) in [6.45, 7) is 1.09. The van der Waals surface area contributed by atoms with Crippen LogP contribution in [-0.4, -0.2) is 18.3 Å². The zero-order valence-corrected chi connectivity index (χ0v) is 11.4. The van der Waals surface area contributed by atoms with Gasteiger partial charge in [0.15, 0.2) is 0 Å². The minimum absolute atomic E-state index is 0.798. The summed E-state index contributed by atoms with van der Waals surface area (Å²) >= 11 is 4.26. The molecule has 0 aromatic carbocycles. The molecule has 0 amide bonds. The Labute approximate surface area is 106 Å². The van der Waals surface area contributed by atoms with Crippen LogP contribution in [0.3, 0.4) is 0 Å². The molecule has 0 aromatic rings. The second-order valence-corrected chi connectivity index (χ2v) is 6.13. The summed E-state index contributed by atoms with van der Waals surface area (Å²) < 4.78 is 0. The topological polar surface area (TPSA) is 12.0 Å². The lowest BCUT2D eigenvalue weighted by Gasteiger charge is -2.36. The molecule has 1 N–H and O–H groups in total. The van der Waals surface area contributed by atoms with E-state index in [1.54, 1.807) is 0 Å². The predicted octanol–water partition coefficient (Wildman–Crippen LogP) is 3.64. The van der Waals surface area contributed by atoms with E-state index >= 15 is 0 Å². The molecule has 1 nitrogen and oxygen atoms in total. The van der Waals surface area contributed by atoms with Crippen molar-refractivity contribution in [2.24, 2.45) is 11.8 Å². The second kappa shape index (κ2) is 6.90. The van der Waals surface area contributed by atoms with E-state index in [-0.39, 0.29) is 0 Å². The first-order chi connectivity index (χ1) is 7.90. The van der Waals surface area contributed by atoms with Gasteiger partial charge in [-0.2, -0.15) is 12.6 Å². The predicted molar refractivity (Wildman–Crippen MR) is 74.2 cm³/mol. The number of hydrogen-bond acceptors (Lipinski definition) is 2. The standard InChI is InChI=1S/C14H27NS/c16-11-10-15-14-8-6-13(7-9-14)12-4-2-1-3-5-12/h12-16H,1-11H2. The number of hydrogen-bond donors (Lipinski definition) is 2. The van der Waals surface area contributed by atoms with Gasteiger partial charge in [-0.1, -0.05) is 32.1 Å². The summed E-state index contributed by atoms with van der Waals surface area (Å²) in [5, 5.41) is 3.62. The maximum absolute atomic E-state index is 4.26. The summed E-state index contributed by atoms with van der Waals surface area (Å²) in [4.78, 5) is 0. The Morgan fingerprint density at radius 3 is 2.06 bits per heavy atom. The Balaban J connectivity index is 1.67. The fourth-order valence-electron chi connectivity index (χ4n) is 3.67. The van der Waals surface area contributed by atoms with Gasteiger partial charge >= 0.3 is 0 Å². The molecule has 0 spiro atoms. The van der Waals surface area contributed by atoms with Gasteiger partial charge in [0.1, 0.15) is 0 Å². The fraction of sp³-hybridized carbons (Fsp3) is 1.00. The minimum atomic E-state index is 0.798. The van der Waals surface area contributed by atoms with Crippen LogP contribution in [0.5, 0.6) is 0 Å². The maximum atomic E-state index is 4.26. The Morgan fingerprint density at radius 2 is 1.44 bits per heavy atom. The summed E-state index contributed by atoms with van der Waals surface area (Å²) in [6.07, 6.45) is 13.3. The molecule has 0 aliphatic heterocycles. The van der Waals surface area contributed by atoms with Gasteiger partial charge in [-0.05, 0) is 37.5 Å². The molecule has 0 unspecified atom stereocenters. The van der Waals surface area contributed by atoms with Crippen molar-refractivity contribution in [2.75, 3.05) is 12.3 Å². The van der Waals surface area contributed by atoms with Gasteiger partial charge < -0.3 is 5.32 Å². The van der Waals surface area contributed by atoms with E-state index in [9.17, 15) is 0 Å². The van der Waals surface area contributed by atoms with Crippen LogP contribution in [0.2, 0.25) is 0 Å². The molecule has 2 heteroatoms. The normalized spacial score (nSPS) is 32.8. The lowest BCUT2D eigenvalue weighted by atomic mass is 9.72. The molecule has 2 saturated carbocycles. The quantitative estimate of drug-likeness (QED) is 0.716. The first kappa shape index (κ1) is 12.8. The van der Waals surface area contributed by atoms with E-state index in [1.165, 1.54) is 57.8 Å². The summed E-state index contributed by atoms with van der Waals surface area (Å²) in [7, 11) is 0. The number of thiol groups is 1. The molecule has 16 heavy (non-hydrogen) atoms. The Bertz CT molecular complexity index is 181. The van der Waals surface area contributed by atoms with Crippen LogP contribution in [0, 0.1) is 11.8 Å². The number of nitrogens with one attached hydrogen (secondary N) is 1. The van der Waals surface area contributed by atoms with Crippen LogP contribution in [-0.2, 0) is 0 Å². The highest BCUT2D eigenvalue weighted by atomic mass is 32.1. The molecule has 0 atom stereocenters. The molecular formula is C14H27NS. The molecular weight excluding hydrogens is 214 g/mol. The molecule has 0 radical (unpaired) electrons. The molecule has 94 valence electrons. The highest BCUT2D eigenvalue weighted by Crippen LogP contribution is 2.38. The van der Waals surface area contributed by atoms with Gasteiger partial charge in [0, 0.05) is 18.3 Å². The Kier molecular flexibility index (Phi) is 5.51. The molecule has 2 fully saturated rings. The monoisotopic (exact) mass is 241 g/mol. The second-order valence-electron chi connectivity index (χ2n) is 5.69. The van der Waals surface area contributed by atoms with Crippen molar-refractivity contribution >= 4 is 12.6 Å². The van der Waals surface area contributed by atoms with Crippen molar-refractivity contribution in [1.29, 1.82) is 0 Å². The SMILES string of the molecule is SCCNC1CCC(C2CCCCC2)CC1. The molecule has 2 rings (SSSR count). The third-order valence-electron chi connectivity index (χ3n) is 4.63. The van der Waals surface area contributed by atoms with E-state index in [0.29, 0.717) is 0 Å². The van der Waals surface area contributed by atoms with Crippen LogP contribution in [0.25, 0.3) is 0 Å². The molecule has 2 aliphatic carbocycles. The average Bonchev–Trinajstić information content (AvgIpc) is 2.38. The molecule has 0 aromatic heterocycles. The zero-order valence-electron chi connectivity index (χ0n) is 10.5. The molecule has 0 bridgehead atoms. The van der Waals surface area contributed by atoms with Gasteiger partial charge in [-0.25, -0.2) is 0 Å². The highest BCUT2D eigenvalue weighted by Gasteiger charge is 2.27. The van der Waals surface area contributed by atoms with Crippen molar-refractivity contribution in [1.82, 2.24) is 5.32 Å². The third-order valence-corrected chi connectivity index (χ3v) is 4.86. The first-order valence-corrected chi connectivity index (χ1v) is 7.87. The zero-order chi connectivity index (χ0) is 11.2. The van der Waals surface area contributed by atoms with Crippen LogP contribution in [0.4, 0.5) is 0 Å². The maximum Gasteiger partial charge on any atom is 0.00676 e. The summed E-state index contributed by atoms with van der Waals surface area (Å²) in [6, 6.07) is 0.798. The highest BCUT2D eigenvalue weighted by molar-refractivity contribution is 7.80. The van der Waals surface area contributed by atoms with Crippen molar-refractivity contribution < 1.29 is 0 Å². The van der Waals surface area contributed by atoms with Gasteiger partial charge in [0.05, 0.1) is 0 Å². The molecule has 0 heterocycles. The summed E-state index contributed by atoms with van der Waals surface area (Å²) in [5.41, 5.74) is 0.